The molecule has 4 heterocycles. The summed E-state index contributed by atoms with van der Waals surface area (Å²) in [5, 5.41) is 12.4. The van der Waals surface area contributed by atoms with Crippen molar-refractivity contribution in [1.82, 2.24) is 14.5 Å². The van der Waals surface area contributed by atoms with Crippen molar-refractivity contribution in [2.45, 2.75) is 0 Å². The van der Waals surface area contributed by atoms with E-state index in [0.29, 0.717) is 0 Å². The number of para-hydroxylation sites is 1. The molecule has 0 aliphatic rings. The third-order valence-electron chi connectivity index (χ3n) is 8.54. The topological polar surface area (TPSA) is 30.7 Å². The molecule has 0 radical (unpaired) electrons. The highest BCUT2D eigenvalue weighted by molar-refractivity contribution is 7.27. The van der Waals surface area contributed by atoms with E-state index in [2.05, 4.69) is 114 Å². The molecule has 0 amide bonds. The number of halogens is 1. The summed E-state index contributed by atoms with van der Waals surface area (Å²) < 4.78 is 6.15. The molecule has 6 aromatic carbocycles. The predicted octanol–water partition coefficient (Wildman–Crippen LogP) is 11.3. The zero-order chi connectivity index (χ0) is 27.5. The van der Waals surface area contributed by atoms with Gasteiger partial charge in [-0.1, -0.05) is 97.1 Å². The van der Waals surface area contributed by atoms with E-state index in [-0.39, 0.29) is 5.28 Å². The Kier molecular flexibility index (Phi) is 4.54. The van der Waals surface area contributed by atoms with Crippen LogP contribution in [-0.2, 0) is 0 Å². The van der Waals surface area contributed by atoms with Gasteiger partial charge in [-0.15, -0.1) is 22.7 Å². The van der Waals surface area contributed by atoms with E-state index in [4.69, 9.17) is 21.6 Å². The number of fused-ring (bicyclic) bond motifs is 15. The van der Waals surface area contributed by atoms with Gasteiger partial charge in [0.25, 0.3) is 0 Å². The monoisotopic (exact) mass is 591 g/mol. The lowest BCUT2D eigenvalue weighted by Gasteiger charge is -2.12. The molecule has 0 saturated carbocycles. The minimum atomic E-state index is 0.256. The van der Waals surface area contributed by atoms with E-state index in [1.54, 1.807) is 11.3 Å². The van der Waals surface area contributed by atoms with Crippen LogP contribution in [0, 0.1) is 0 Å². The van der Waals surface area contributed by atoms with Crippen LogP contribution in [0.2, 0.25) is 5.28 Å². The molecule has 10 aromatic rings. The lowest BCUT2D eigenvalue weighted by Crippen LogP contribution is -2.00. The molecule has 0 fully saturated rings. The largest absolute Gasteiger partial charge is 0.292 e. The predicted molar refractivity (Wildman–Crippen MR) is 182 cm³/mol. The van der Waals surface area contributed by atoms with Crippen molar-refractivity contribution in [2.24, 2.45) is 0 Å². The van der Waals surface area contributed by atoms with Crippen LogP contribution >= 0.6 is 34.3 Å². The summed E-state index contributed by atoms with van der Waals surface area (Å²) in [6, 6.07) is 39.2. The maximum atomic E-state index is 6.73. The number of thiophene rings is 2. The van der Waals surface area contributed by atoms with E-state index in [9.17, 15) is 0 Å². The first-order chi connectivity index (χ1) is 20.8. The van der Waals surface area contributed by atoms with Crippen molar-refractivity contribution < 1.29 is 0 Å². The zero-order valence-electron chi connectivity index (χ0n) is 21.9. The number of aromatic nitrogens is 3. The molecule has 0 spiro atoms. The highest BCUT2D eigenvalue weighted by Crippen LogP contribution is 2.49. The summed E-state index contributed by atoms with van der Waals surface area (Å²) in [5.41, 5.74) is 2.26. The fraction of sp³-hybridized carbons (Fsp3) is 0. The normalized spacial score (nSPS) is 12.4. The summed E-state index contributed by atoms with van der Waals surface area (Å²) in [5.74, 6) is 0.823. The molecule has 0 N–H and O–H groups in total. The van der Waals surface area contributed by atoms with Crippen LogP contribution in [0.4, 0.5) is 0 Å². The first-order valence-corrected chi connectivity index (χ1v) is 15.8. The van der Waals surface area contributed by atoms with Gasteiger partial charge in [-0.2, -0.15) is 4.98 Å². The number of hydrogen-bond acceptors (Lipinski definition) is 4. The van der Waals surface area contributed by atoms with Crippen LogP contribution in [0.1, 0.15) is 0 Å². The van der Waals surface area contributed by atoms with Gasteiger partial charge in [-0.25, -0.2) is 4.98 Å². The van der Waals surface area contributed by atoms with Gasteiger partial charge < -0.3 is 0 Å². The Hall–Kier alpha value is -4.55. The van der Waals surface area contributed by atoms with Crippen molar-refractivity contribution in [2.75, 3.05) is 0 Å². The Bertz CT molecular complexity index is 2770. The molecule has 4 aromatic heterocycles. The Labute approximate surface area is 251 Å². The van der Waals surface area contributed by atoms with E-state index in [1.165, 1.54) is 57.2 Å². The van der Waals surface area contributed by atoms with Gasteiger partial charge in [0.05, 0.1) is 16.4 Å². The van der Waals surface area contributed by atoms with Crippen LogP contribution in [0.5, 0.6) is 0 Å². The maximum Gasteiger partial charge on any atom is 0.225 e. The average Bonchev–Trinajstić information content (AvgIpc) is 3.70. The number of hydrogen-bond donors (Lipinski definition) is 0. The van der Waals surface area contributed by atoms with Crippen molar-refractivity contribution >= 4 is 118 Å². The molecular formula is C36H18ClN3S2. The minimum Gasteiger partial charge on any atom is -0.292 e. The van der Waals surface area contributed by atoms with E-state index in [1.807, 2.05) is 11.3 Å². The van der Waals surface area contributed by atoms with Crippen molar-refractivity contribution in [3.63, 3.8) is 0 Å². The number of benzene rings is 6. The summed E-state index contributed by atoms with van der Waals surface area (Å²) in [6.07, 6.45) is 0. The lowest BCUT2D eigenvalue weighted by atomic mass is 10.00. The third-order valence-corrected chi connectivity index (χ3v) is 11.0. The summed E-state index contributed by atoms with van der Waals surface area (Å²) in [4.78, 5) is 10.7. The molecule has 0 bridgehead atoms. The Morgan fingerprint density at radius 2 is 1.24 bits per heavy atom. The molecule has 0 atom stereocenters. The smallest absolute Gasteiger partial charge is 0.225 e. The summed E-state index contributed by atoms with van der Waals surface area (Å²) >= 11 is 10.3. The van der Waals surface area contributed by atoms with Gasteiger partial charge >= 0.3 is 0 Å². The second-order valence-corrected chi connectivity index (χ2v) is 13.1. The molecule has 42 heavy (non-hydrogen) atoms. The summed E-state index contributed by atoms with van der Waals surface area (Å²) in [6.45, 7) is 0. The number of rotatable bonds is 1. The number of nitrogens with zero attached hydrogens (tertiary/aromatic N) is 3. The van der Waals surface area contributed by atoms with Crippen LogP contribution < -0.4 is 0 Å². The van der Waals surface area contributed by atoms with E-state index < -0.39 is 0 Å². The van der Waals surface area contributed by atoms with Crippen LogP contribution in [0.3, 0.4) is 0 Å². The van der Waals surface area contributed by atoms with E-state index in [0.717, 1.165) is 32.5 Å². The Balaban J connectivity index is 1.49. The second kappa shape index (κ2) is 8.26. The highest BCUT2D eigenvalue weighted by Gasteiger charge is 2.24. The highest BCUT2D eigenvalue weighted by atomic mass is 35.5. The molecule has 10 rings (SSSR count). The molecule has 6 heteroatoms. The molecular weight excluding hydrogens is 574 g/mol. The molecule has 0 aliphatic heterocycles. The second-order valence-electron chi connectivity index (χ2n) is 10.7. The Morgan fingerprint density at radius 1 is 0.524 bits per heavy atom. The van der Waals surface area contributed by atoms with E-state index >= 15 is 0 Å². The molecule has 0 unspecified atom stereocenters. The lowest BCUT2D eigenvalue weighted by molar-refractivity contribution is 1.08. The van der Waals surface area contributed by atoms with Gasteiger partial charge in [-0.3, -0.25) is 4.57 Å². The van der Waals surface area contributed by atoms with Crippen LogP contribution in [0.15, 0.2) is 109 Å². The minimum absolute atomic E-state index is 0.256. The van der Waals surface area contributed by atoms with Gasteiger partial charge in [0.15, 0.2) is 5.82 Å². The van der Waals surface area contributed by atoms with Gasteiger partial charge in [-0.05, 0) is 39.9 Å². The molecule has 3 nitrogen and oxygen atoms in total. The molecule has 0 aliphatic carbocycles. The fourth-order valence-corrected chi connectivity index (χ4v) is 9.56. The van der Waals surface area contributed by atoms with Crippen LogP contribution in [-0.4, -0.2) is 14.5 Å². The third kappa shape index (κ3) is 2.90. The van der Waals surface area contributed by atoms with Gasteiger partial charge in [0, 0.05) is 46.4 Å². The summed E-state index contributed by atoms with van der Waals surface area (Å²) in [7, 11) is 0. The SMILES string of the molecule is Clc1nc(-n2c3ccccc3c3c4sc5ccccc5c4c4ccccc4c32)c2c(n1)sc1c3ccccc3ccc12. The molecule has 0 saturated heterocycles. The Morgan fingerprint density at radius 3 is 2.12 bits per heavy atom. The zero-order valence-corrected chi connectivity index (χ0v) is 24.3. The van der Waals surface area contributed by atoms with Crippen LogP contribution in [0.25, 0.3) is 89.6 Å². The fourth-order valence-electron chi connectivity index (χ4n) is 6.86. The first kappa shape index (κ1) is 23.1. The van der Waals surface area contributed by atoms with Gasteiger partial charge in [0.1, 0.15) is 4.83 Å². The van der Waals surface area contributed by atoms with Crippen molar-refractivity contribution in [1.29, 1.82) is 0 Å². The average molecular weight is 592 g/mol. The van der Waals surface area contributed by atoms with Crippen molar-refractivity contribution in [3.8, 4) is 5.82 Å². The quantitative estimate of drug-likeness (QED) is 0.178. The first-order valence-electron chi connectivity index (χ1n) is 13.8. The molecule has 196 valence electrons. The standard InChI is InChI=1S/C36H18ClN3S2/c37-36-38-34(30-25-18-17-19-9-1-2-10-20(19)32(25)42-35(30)39-36)40-26-15-7-5-13-23(26)29-31(40)22-12-4-3-11-21(22)28-24-14-6-8-16-27(24)41-33(28)29/h1-18H. The van der Waals surface area contributed by atoms with Crippen molar-refractivity contribution in [3.05, 3.63) is 114 Å². The maximum absolute atomic E-state index is 6.73. The van der Waals surface area contributed by atoms with Gasteiger partial charge in [0.2, 0.25) is 5.28 Å².